The number of aliphatic carboxylic acids is 1. The number of nitrogens with zero attached hydrogens (tertiary/aromatic N) is 1. The minimum Gasteiger partial charge on any atom is -0.480 e. The number of hydrogen-bond donors (Lipinski definition) is 1. The minimum absolute atomic E-state index is 0.317. The van der Waals surface area contributed by atoms with Crippen molar-refractivity contribution in [3.05, 3.63) is 60.7 Å². The van der Waals surface area contributed by atoms with Crippen molar-refractivity contribution in [2.24, 2.45) is 0 Å². The molecule has 0 aliphatic heterocycles. The minimum atomic E-state index is -1.01. The molecular formula is C16H15NO3S. The fourth-order valence-corrected chi connectivity index (χ4v) is 2.49. The molecule has 2 aromatic rings. The summed E-state index contributed by atoms with van der Waals surface area (Å²) in [5.74, 6) is -1.01. The van der Waals surface area contributed by atoms with Crippen LogP contribution in [0.4, 0.5) is 16.2 Å². The summed E-state index contributed by atoms with van der Waals surface area (Å²) < 4.78 is 0. The van der Waals surface area contributed by atoms with E-state index < -0.39 is 11.2 Å². The van der Waals surface area contributed by atoms with Gasteiger partial charge in [-0.2, -0.15) is 0 Å². The Balaban J connectivity index is 2.33. The molecular weight excluding hydrogens is 286 g/mol. The number of thioether (sulfide) groups is 1. The highest BCUT2D eigenvalue weighted by Crippen LogP contribution is 2.30. The van der Waals surface area contributed by atoms with Crippen LogP contribution in [0.2, 0.25) is 0 Å². The van der Waals surface area contributed by atoms with Crippen molar-refractivity contribution in [2.75, 3.05) is 4.90 Å². The molecule has 2 aromatic carbocycles. The van der Waals surface area contributed by atoms with E-state index >= 15 is 0 Å². The summed E-state index contributed by atoms with van der Waals surface area (Å²) >= 11 is 0.793. The third-order valence-corrected chi connectivity index (χ3v) is 3.78. The van der Waals surface area contributed by atoms with Gasteiger partial charge in [0.2, 0.25) is 0 Å². The maximum absolute atomic E-state index is 12.5. The van der Waals surface area contributed by atoms with Crippen LogP contribution in [0.15, 0.2) is 60.7 Å². The van der Waals surface area contributed by atoms with Crippen LogP contribution in [0.5, 0.6) is 0 Å². The number of carbonyl (C=O) groups excluding carboxylic acids is 1. The first-order valence-corrected chi connectivity index (χ1v) is 7.31. The highest BCUT2D eigenvalue weighted by atomic mass is 32.2. The molecule has 0 aliphatic rings. The Bertz CT molecular complexity index is 576. The lowest BCUT2D eigenvalue weighted by molar-refractivity contribution is -0.136. The average Bonchev–Trinajstić information content (AvgIpc) is 2.49. The zero-order valence-corrected chi connectivity index (χ0v) is 12.3. The van der Waals surface area contributed by atoms with Gasteiger partial charge in [0.15, 0.2) is 0 Å². The second-order valence-electron chi connectivity index (χ2n) is 4.37. The number of hydrogen-bond acceptors (Lipinski definition) is 3. The fourth-order valence-electron chi connectivity index (χ4n) is 1.77. The van der Waals surface area contributed by atoms with Gasteiger partial charge in [0, 0.05) is 11.4 Å². The molecule has 1 unspecified atom stereocenters. The molecule has 21 heavy (non-hydrogen) atoms. The number of carboxylic acids is 1. The molecule has 0 fully saturated rings. The number of amides is 1. The van der Waals surface area contributed by atoms with Gasteiger partial charge in [0.05, 0.1) is 0 Å². The van der Waals surface area contributed by atoms with Crippen LogP contribution in [-0.2, 0) is 4.79 Å². The highest BCUT2D eigenvalue weighted by Gasteiger charge is 2.23. The van der Waals surface area contributed by atoms with Gasteiger partial charge in [0.1, 0.15) is 5.25 Å². The highest BCUT2D eigenvalue weighted by molar-refractivity contribution is 8.15. The molecule has 5 heteroatoms. The second-order valence-corrected chi connectivity index (χ2v) is 5.66. The summed E-state index contributed by atoms with van der Waals surface area (Å²) in [6.45, 7) is 1.50. The Morgan fingerprint density at radius 2 is 1.38 bits per heavy atom. The van der Waals surface area contributed by atoms with E-state index in [0.29, 0.717) is 11.4 Å². The van der Waals surface area contributed by atoms with Crippen LogP contribution in [0.1, 0.15) is 6.92 Å². The Hall–Kier alpha value is -2.27. The summed E-state index contributed by atoms with van der Waals surface area (Å²) in [5.41, 5.74) is 1.41. The quantitative estimate of drug-likeness (QED) is 0.921. The van der Waals surface area contributed by atoms with Gasteiger partial charge in [-0.3, -0.25) is 14.5 Å². The van der Waals surface area contributed by atoms with Crippen LogP contribution in [0.25, 0.3) is 0 Å². The zero-order chi connectivity index (χ0) is 15.2. The van der Waals surface area contributed by atoms with Gasteiger partial charge >= 0.3 is 5.97 Å². The van der Waals surface area contributed by atoms with E-state index in [4.69, 9.17) is 5.11 Å². The molecule has 0 radical (unpaired) electrons. The van der Waals surface area contributed by atoms with Crippen molar-refractivity contribution >= 4 is 34.3 Å². The number of benzene rings is 2. The van der Waals surface area contributed by atoms with E-state index in [2.05, 4.69) is 0 Å². The molecule has 0 aromatic heterocycles. The molecule has 1 N–H and O–H groups in total. The SMILES string of the molecule is CC(SC(=O)N(c1ccccc1)c1ccccc1)C(=O)O. The van der Waals surface area contributed by atoms with Crippen LogP contribution < -0.4 is 4.90 Å². The van der Waals surface area contributed by atoms with E-state index in [1.54, 1.807) is 0 Å². The lowest BCUT2D eigenvalue weighted by Crippen LogP contribution is -2.25. The maximum Gasteiger partial charge on any atom is 0.316 e. The molecule has 2 rings (SSSR count). The molecule has 1 amide bonds. The summed E-state index contributed by atoms with van der Waals surface area (Å²) in [4.78, 5) is 24.9. The standard InChI is InChI=1S/C16H15NO3S/c1-12(15(18)19)21-16(20)17(13-8-4-2-5-9-13)14-10-6-3-7-11-14/h2-12H,1H3,(H,18,19). The zero-order valence-electron chi connectivity index (χ0n) is 11.5. The predicted molar refractivity (Wildman–Crippen MR) is 85.1 cm³/mol. The summed E-state index contributed by atoms with van der Waals surface area (Å²) in [6.07, 6.45) is 0. The topological polar surface area (TPSA) is 57.6 Å². The first kappa shape index (κ1) is 15.1. The lowest BCUT2D eigenvalue weighted by Gasteiger charge is -2.23. The Labute approximate surface area is 127 Å². The first-order chi connectivity index (χ1) is 10.1. The number of rotatable bonds is 4. The van der Waals surface area contributed by atoms with Gasteiger partial charge in [-0.25, -0.2) is 0 Å². The van der Waals surface area contributed by atoms with E-state index in [1.165, 1.54) is 11.8 Å². The lowest BCUT2D eigenvalue weighted by atomic mass is 10.2. The van der Waals surface area contributed by atoms with E-state index in [0.717, 1.165) is 11.8 Å². The van der Waals surface area contributed by atoms with E-state index in [9.17, 15) is 9.59 Å². The molecule has 0 saturated carbocycles. The third kappa shape index (κ3) is 3.86. The number of anilines is 2. The smallest absolute Gasteiger partial charge is 0.316 e. The predicted octanol–water partition coefficient (Wildman–Crippen LogP) is 4.15. The summed E-state index contributed by atoms with van der Waals surface area (Å²) in [5, 5.41) is 7.85. The number of carboxylic acid groups (broad SMARTS) is 1. The largest absolute Gasteiger partial charge is 0.480 e. The fraction of sp³-hybridized carbons (Fsp3) is 0.125. The number of para-hydroxylation sites is 2. The van der Waals surface area contributed by atoms with Gasteiger partial charge in [-0.05, 0) is 43.0 Å². The monoisotopic (exact) mass is 301 g/mol. The summed E-state index contributed by atoms with van der Waals surface area (Å²) in [7, 11) is 0. The Morgan fingerprint density at radius 3 is 1.76 bits per heavy atom. The van der Waals surface area contributed by atoms with Gasteiger partial charge in [-0.15, -0.1) is 0 Å². The second kappa shape index (κ2) is 6.95. The molecule has 1 atom stereocenters. The molecule has 4 nitrogen and oxygen atoms in total. The molecule has 0 bridgehead atoms. The van der Waals surface area contributed by atoms with Crippen molar-refractivity contribution < 1.29 is 14.7 Å². The normalized spacial score (nSPS) is 11.7. The summed E-state index contributed by atoms with van der Waals surface area (Å²) in [6, 6.07) is 18.3. The molecule has 0 aliphatic carbocycles. The van der Waals surface area contributed by atoms with Gasteiger partial charge < -0.3 is 5.11 Å². The average molecular weight is 301 g/mol. The van der Waals surface area contributed by atoms with Crippen LogP contribution >= 0.6 is 11.8 Å². The number of carbonyl (C=O) groups is 2. The van der Waals surface area contributed by atoms with Crippen molar-refractivity contribution in [2.45, 2.75) is 12.2 Å². The van der Waals surface area contributed by atoms with Crippen molar-refractivity contribution in [3.63, 3.8) is 0 Å². The van der Waals surface area contributed by atoms with Gasteiger partial charge in [0.25, 0.3) is 5.24 Å². The molecule has 0 heterocycles. The molecule has 0 saturated heterocycles. The Kier molecular flexibility index (Phi) is 5.00. The maximum atomic E-state index is 12.5. The van der Waals surface area contributed by atoms with Crippen LogP contribution in [0.3, 0.4) is 0 Å². The molecule has 0 spiro atoms. The van der Waals surface area contributed by atoms with Crippen molar-refractivity contribution in [1.29, 1.82) is 0 Å². The van der Waals surface area contributed by atoms with Crippen LogP contribution in [-0.4, -0.2) is 21.6 Å². The van der Waals surface area contributed by atoms with E-state index in [1.807, 2.05) is 60.7 Å². The van der Waals surface area contributed by atoms with Crippen LogP contribution in [0, 0.1) is 0 Å². The van der Waals surface area contributed by atoms with Crippen molar-refractivity contribution in [3.8, 4) is 0 Å². The molecule has 108 valence electrons. The third-order valence-electron chi connectivity index (χ3n) is 2.84. The van der Waals surface area contributed by atoms with Gasteiger partial charge in [-0.1, -0.05) is 36.4 Å². The Morgan fingerprint density at radius 1 is 0.952 bits per heavy atom. The van der Waals surface area contributed by atoms with Crippen molar-refractivity contribution in [1.82, 2.24) is 0 Å². The van der Waals surface area contributed by atoms with E-state index in [-0.39, 0.29) is 5.24 Å². The first-order valence-electron chi connectivity index (χ1n) is 6.43.